The Kier molecular flexibility index (Phi) is 9.44. The molecule has 14 heavy (non-hydrogen) atoms. The first-order valence-electron chi connectivity index (χ1n) is 5.94. The van der Waals surface area contributed by atoms with Crippen LogP contribution < -0.4 is 0 Å². The van der Waals surface area contributed by atoms with Crippen molar-refractivity contribution in [3.63, 3.8) is 0 Å². The van der Waals surface area contributed by atoms with Crippen LogP contribution >= 0.6 is 0 Å². The van der Waals surface area contributed by atoms with Gasteiger partial charge in [0.15, 0.2) is 0 Å². The van der Waals surface area contributed by atoms with Gasteiger partial charge in [-0.1, -0.05) is 13.8 Å². The topological polar surface area (TPSA) is 6.48 Å². The van der Waals surface area contributed by atoms with Gasteiger partial charge >= 0.3 is 89.7 Å². The van der Waals surface area contributed by atoms with Crippen molar-refractivity contribution in [3.8, 4) is 0 Å². The average Bonchev–Trinajstić information content (AvgIpc) is 2.33. The van der Waals surface area contributed by atoms with Crippen molar-refractivity contribution in [2.45, 2.75) is 46.6 Å². The van der Waals surface area contributed by atoms with Gasteiger partial charge in [0, 0.05) is 0 Å². The van der Waals surface area contributed by atoms with Crippen LogP contribution in [0.2, 0.25) is 0 Å². The molecule has 0 aromatic heterocycles. The first-order chi connectivity index (χ1) is 6.74. The second-order valence-corrected chi connectivity index (χ2v) is 5.49. The van der Waals surface area contributed by atoms with E-state index in [1.807, 2.05) is 13.8 Å². The maximum absolute atomic E-state index is 2.63. The maximum atomic E-state index is 2.63. The van der Waals surface area contributed by atoms with Crippen LogP contribution in [0.15, 0.2) is 0 Å². The van der Waals surface area contributed by atoms with E-state index in [4.69, 9.17) is 0 Å². The van der Waals surface area contributed by atoms with E-state index in [0.717, 1.165) is 6.04 Å². The summed E-state index contributed by atoms with van der Waals surface area (Å²) >= 11 is 1.59. The molecule has 1 unspecified atom stereocenters. The van der Waals surface area contributed by atoms with Gasteiger partial charge in [-0.3, -0.25) is 0 Å². The molecule has 0 aromatic carbocycles. The molecule has 1 atom stereocenters. The molecule has 1 saturated heterocycles. The van der Waals surface area contributed by atoms with E-state index in [0.29, 0.717) is 0 Å². The third-order valence-electron chi connectivity index (χ3n) is 2.49. The second-order valence-electron chi connectivity index (χ2n) is 3.68. The Morgan fingerprint density at radius 3 is 2.50 bits per heavy atom. The van der Waals surface area contributed by atoms with E-state index in [-0.39, 0.29) is 0 Å². The summed E-state index contributed by atoms with van der Waals surface area (Å²) in [6.45, 7) is 13.8. The molecule has 1 aliphatic rings. The van der Waals surface area contributed by atoms with Crippen LogP contribution in [0.1, 0.15) is 40.5 Å². The Hall–Kier alpha value is 0.719. The standard InChI is InChI=1S/C9H19N2.C2H6.Sn/c1-3-6-11-7-4-5-10-8-9(11)2;1-2;/h9H,3-8H2,1-2H3;1-2H3;/q-1;;+1. The van der Waals surface area contributed by atoms with E-state index in [2.05, 4.69) is 21.9 Å². The summed E-state index contributed by atoms with van der Waals surface area (Å²) in [5, 5.41) is 0. The monoisotopic (exact) mass is 305 g/mol. The van der Waals surface area contributed by atoms with Crippen LogP contribution in [0.25, 0.3) is 0 Å². The normalized spacial score (nSPS) is 25.1. The molecule has 83 valence electrons. The van der Waals surface area contributed by atoms with Gasteiger partial charge in [-0.2, -0.15) is 0 Å². The minimum absolute atomic E-state index is 0.770. The number of hydrogen-bond donors (Lipinski definition) is 0. The summed E-state index contributed by atoms with van der Waals surface area (Å²) in [6, 6.07) is 0.770. The molecule has 1 aliphatic heterocycles. The summed E-state index contributed by atoms with van der Waals surface area (Å²) in [6.07, 6.45) is 2.65. The Balaban J connectivity index is 0.000000791. The molecule has 0 spiro atoms. The fourth-order valence-electron chi connectivity index (χ4n) is 1.83. The van der Waals surface area contributed by atoms with Crippen LogP contribution in [0, 0.1) is 0 Å². The second kappa shape index (κ2) is 8.98. The van der Waals surface area contributed by atoms with Crippen molar-refractivity contribution in [1.82, 2.24) is 8.02 Å². The van der Waals surface area contributed by atoms with Crippen molar-refractivity contribution in [2.24, 2.45) is 0 Å². The Morgan fingerprint density at radius 2 is 1.93 bits per heavy atom. The van der Waals surface area contributed by atoms with Crippen molar-refractivity contribution in [1.29, 1.82) is 0 Å². The van der Waals surface area contributed by atoms with Gasteiger partial charge in [0.2, 0.25) is 0 Å². The van der Waals surface area contributed by atoms with E-state index in [1.165, 1.54) is 39.0 Å². The van der Waals surface area contributed by atoms with Crippen molar-refractivity contribution >= 4 is 22.8 Å². The van der Waals surface area contributed by atoms with Crippen molar-refractivity contribution in [3.05, 3.63) is 0 Å². The van der Waals surface area contributed by atoms with Crippen LogP contribution in [0.3, 0.4) is 0 Å². The van der Waals surface area contributed by atoms with Crippen LogP contribution in [-0.4, -0.2) is 63.0 Å². The van der Waals surface area contributed by atoms with Gasteiger partial charge in [-0.05, 0) is 0 Å². The Bertz CT molecular complexity index is 130. The van der Waals surface area contributed by atoms with Gasteiger partial charge in [-0.25, -0.2) is 0 Å². The van der Waals surface area contributed by atoms with E-state index in [9.17, 15) is 0 Å². The molecule has 0 bridgehead atoms. The zero-order valence-corrected chi connectivity index (χ0v) is 13.1. The van der Waals surface area contributed by atoms with Crippen molar-refractivity contribution < 1.29 is 0 Å². The molecule has 0 aromatic rings. The molecular formula is C11H25N2Sn. The minimum atomic E-state index is 0.770. The number of hydrogen-bond acceptors (Lipinski definition) is 2. The molecule has 1 fully saturated rings. The predicted octanol–water partition coefficient (Wildman–Crippen LogP) is 1.90. The van der Waals surface area contributed by atoms with Crippen molar-refractivity contribution in [2.75, 3.05) is 26.2 Å². The van der Waals surface area contributed by atoms with Crippen LogP contribution in [-0.2, 0) is 0 Å². The number of rotatable bonds is 2. The van der Waals surface area contributed by atoms with Gasteiger partial charge in [0.05, 0.1) is 0 Å². The Labute approximate surface area is 103 Å². The number of nitrogens with zero attached hydrogens (tertiary/aromatic N) is 2. The molecule has 0 N–H and O–H groups in total. The van der Waals surface area contributed by atoms with E-state index < -0.39 is 0 Å². The summed E-state index contributed by atoms with van der Waals surface area (Å²) in [7, 11) is 0. The molecule has 0 saturated carbocycles. The summed E-state index contributed by atoms with van der Waals surface area (Å²) in [4.78, 5) is 2.63. The van der Waals surface area contributed by atoms with E-state index in [1.54, 1.807) is 22.8 Å². The molecule has 2 nitrogen and oxygen atoms in total. The zero-order valence-electron chi connectivity index (χ0n) is 10.2. The summed E-state index contributed by atoms with van der Waals surface area (Å²) < 4.78 is 2.53. The molecule has 1 rings (SSSR count). The molecular weight excluding hydrogens is 279 g/mol. The van der Waals surface area contributed by atoms with Gasteiger partial charge in [-0.15, -0.1) is 0 Å². The van der Waals surface area contributed by atoms with Crippen LogP contribution in [0.4, 0.5) is 0 Å². The predicted molar refractivity (Wildman–Crippen MR) is 64.6 cm³/mol. The van der Waals surface area contributed by atoms with E-state index >= 15 is 0 Å². The van der Waals surface area contributed by atoms with Gasteiger partial charge < -0.3 is 0 Å². The summed E-state index contributed by atoms with van der Waals surface area (Å²) in [5.74, 6) is 0. The van der Waals surface area contributed by atoms with Crippen LogP contribution in [0.5, 0.6) is 0 Å². The average molecular weight is 304 g/mol. The fraction of sp³-hybridized carbons (Fsp3) is 1.00. The van der Waals surface area contributed by atoms with Gasteiger partial charge in [0.1, 0.15) is 0 Å². The fourth-order valence-corrected chi connectivity index (χ4v) is 3.04. The molecule has 3 heteroatoms. The molecule has 3 radical (unpaired) electrons. The summed E-state index contributed by atoms with van der Waals surface area (Å²) in [5.41, 5.74) is 0. The quantitative estimate of drug-likeness (QED) is 0.719. The first-order valence-corrected chi connectivity index (χ1v) is 7.22. The first kappa shape index (κ1) is 14.7. The third kappa shape index (κ3) is 5.56. The molecule has 0 aliphatic carbocycles. The Morgan fingerprint density at radius 1 is 1.29 bits per heavy atom. The van der Waals surface area contributed by atoms with Gasteiger partial charge in [0.25, 0.3) is 0 Å². The SMILES string of the molecule is CC.CCCN1CCC[N]([Sn])CC1C. The third-order valence-corrected chi connectivity index (χ3v) is 3.65. The zero-order chi connectivity index (χ0) is 11.0. The molecule has 1 heterocycles. The molecule has 0 amide bonds.